The number of ether oxygens (including phenoxy) is 1. The van der Waals surface area contributed by atoms with E-state index >= 15 is 0 Å². The smallest absolute Gasteiger partial charge is 0.412 e. The van der Waals surface area contributed by atoms with Gasteiger partial charge in [0.25, 0.3) is 0 Å². The zero-order chi connectivity index (χ0) is 8.27. The van der Waals surface area contributed by atoms with Crippen LogP contribution in [0.1, 0.15) is 4.88 Å². The lowest BCUT2D eigenvalue weighted by molar-refractivity contribution is 0.187. The summed E-state index contributed by atoms with van der Waals surface area (Å²) in [6.07, 6.45) is -0.527. The molecule has 1 N–H and O–H groups in total. The van der Waals surface area contributed by atoms with Crippen LogP contribution in [0.5, 0.6) is 0 Å². The number of hydrogen-bond acceptors (Lipinski definition) is 5. The normalized spacial score (nSPS) is 9.27. The molecule has 0 unspecified atom stereocenters. The molecule has 60 valence electrons. The van der Waals surface area contributed by atoms with Gasteiger partial charge in [0.05, 0.1) is 12.0 Å². The standard InChI is InChI=1S/C5H7N3O2S/c1-3-4(7-8-11-3)6-5(9)10-2/h1-2H3,(H,6,9). The Morgan fingerprint density at radius 2 is 2.45 bits per heavy atom. The van der Waals surface area contributed by atoms with E-state index in [-0.39, 0.29) is 0 Å². The van der Waals surface area contributed by atoms with Crippen molar-refractivity contribution in [3.05, 3.63) is 4.88 Å². The van der Waals surface area contributed by atoms with Crippen LogP contribution >= 0.6 is 11.5 Å². The third-order valence-corrected chi connectivity index (χ3v) is 1.69. The molecule has 1 aromatic heterocycles. The average Bonchev–Trinajstić information content (AvgIpc) is 2.37. The van der Waals surface area contributed by atoms with Gasteiger partial charge in [0.1, 0.15) is 0 Å². The molecule has 1 rings (SSSR count). The zero-order valence-corrected chi connectivity index (χ0v) is 6.94. The SMILES string of the molecule is COC(=O)Nc1nnsc1C. The zero-order valence-electron chi connectivity index (χ0n) is 6.12. The molecular weight excluding hydrogens is 166 g/mol. The Bertz CT molecular complexity index is 260. The van der Waals surface area contributed by atoms with Crippen LogP contribution in [-0.4, -0.2) is 22.8 Å². The highest BCUT2D eigenvalue weighted by Crippen LogP contribution is 2.13. The molecule has 0 radical (unpaired) electrons. The lowest BCUT2D eigenvalue weighted by Crippen LogP contribution is -2.11. The first-order valence-corrected chi connectivity index (χ1v) is 3.65. The Morgan fingerprint density at radius 3 is 2.91 bits per heavy atom. The van der Waals surface area contributed by atoms with E-state index in [4.69, 9.17) is 0 Å². The third-order valence-electron chi connectivity index (χ3n) is 1.06. The summed E-state index contributed by atoms with van der Waals surface area (Å²) in [6.45, 7) is 1.82. The van der Waals surface area contributed by atoms with E-state index in [1.807, 2.05) is 6.92 Å². The van der Waals surface area contributed by atoms with E-state index in [2.05, 4.69) is 19.6 Å². The highest BCUT2D eigenvalue weighted by Gasteiger charge is 2.06. The predicted molar refractivity (Wildman–Crippen MR) is 40.7 cm³/mol. The van der Waals surface area contributed by atoms with Gasteiger partial charge >= 0.3 is 6.09 Å². The van der Waals surface area contributed by atoms with Crippen molar-refractivity contribution < 1.29 is 9.53 Å². The second-order valence-corrected chi connectivity index (χ2v) is 2.75. The molecule has 0 aliphatic carbocycles. The third kappa shape index (κ3) is 1.87. The summed E-state index contributed by atoms with van der Waals surface area (Å²) < 4.78 is 8.00. The largest absolute Gasteiger partial charge is 0.453 e. The van der Waals surface area contributed by atoms with Crippen LogP contribution < -0.4 is 5.32 Å². The maximum atomic E-state index is 10.6. The van der Waals surface area contributed by atoms with Crippen molar-refractivity contribution >= 4 is 23.4 Å². The van der Waals surface area contributed by atoms with Crippen molar-refractivity contribution in [1.82, 2.24) is 9.59 Å². The van der Waals surface area contributed by atoms with Gasteiger partial charge in [-0.2, -0.15) is 0 Å². The molecule has 0 fully saturated rings. The van der Waals surface area contributed by atoms with Crippen molar-refractivity contribution in [2.75, 3.05) is 12.4 Å². The Balaban J connectivity index is 2.64. The molecule has 0 bridgehead atoms. The topological polar surface area (TPSA) is 64.1 Å². The molecule has 11 heavy (non-hydrogen) atoms. The number of nitrogens with one attached hydrogen (secondary N) is 1. The predicted octanol–water partition coefficient (Wildman–Crippen LogP) is 1.02. The minimum atomic E-state index is -0.527. The van der Waals surface area contributed by atoms with E-state index in [0.29, 0.717) is 5.82 Å². The van der Waals surface area contributed by atoms with Gasteiger partial charge in [-0.05, 0) is 18.5 Å². The minimum absolute atomic E-state index is 0.460. The molecule has 0 aliphatic heterocycles. The Hall–Kier alpha value is -1.17. The van der Waals surface area contributed by atoms with Crippen LogP contribution in [-0.2, 0) is 4.74 Å². The minimum Gasteiger partial charge on any atom is -0.453 e. The van der Waals surface area contributed by atoms with Crippen molar-refractivity contribution in [2.24, 2.45) is 0 Å². The Kier molecular flexibility index (Phi) is 2.37. The quantitative estimate of drug-likeness (QED) is 0.688. The molecular formula is C5H7N3O2S. The monoisotopic (exact) mass is 173 g/mol. The van der Waals surface area contributed by atoms with Crippen molar-refractivity contribution in [3.8, 4) is 0 Å². The molecule has 0 saturated carbocycles. The lowest BCUT2D eigenvalue weighted by Gasteiger charge is -1.97. The summed E-state index contributed by atoms with van der Waals surface area (Å²) in [7, 11) is 1.30. The summed E-state index contributed by atoms with van der Waals surface area (Å²) in [5.41, 5.74) is 0. The number of carbonyl (C=O) groups excluding carboxylic acids is 1. The summed E-state index contributed by atoms with van der Waals surface area (Å²) >= 11 is 1.23. The number of amides is 1. The first-order valence-electron chi connectivity index (χ1n) is 2.88. The summed E-state index contributed by atoms with van der Waals surface area (Å²) in [5.74, 6) is 0.460. The average molecular weight is 173 g/mol. The molecule has 0 saturated heterocycles. The summed E-state index contributed by atoms with van der Waals surface area (Å²) in [6, 6.07) is 0. The number of aryl methyl sites for hydroxylation is 1. The molecule has 0 spiro atoms. The van der Waals surface area contributed by atoms with E-state index in [0.717, 1.165) is 4.88 Å². The van der Waals surface area contributed by atoms with Crippen LogP contribution in [0.3, 0.4) is 0 Å². The maximum absolute atomic E-state index is 10.6. The van der Waals surface area contributed by atoms with Crippen LogP contribution in [0.25, 0.3) is 0 Å². The van der Waals surface area contributed by atoms with Gasteiger partial charge in [0, 0.05) is 0 Å². The van der Waals surface area contributed by atoms with Gasteiger partial charge < -0.3 is 4.74 Å². The number of carbonyl (C=O) groups is 1. The van der Waals surface area contributed by atoms with Gasteiger partial charge in [0.15, 0.2) is 5.82 Å². The summed E-state index contributed by atoms with van der Waals surface area (Å²) in [4.78, 5) is 11.5. The van der Waals surface area contributed by atoms with Crippen LogP contribution in [0, 0.1) is 6.92 Å². The molecule has 0 aromatic carbocycles. The molecule has 1 amide bonds. The van der Waals surface area contributed by atoms with E-state index in [9.17, 15) is 4.79 Å². The van der Waals surface area contributed by atoms with Gasteiger partial charge in [-0.25, -0.2) is 4.79 Å². The first-order chi connectivity index (χ1) is 5.24. The molecule has 5 nitrogen and oxygen atoms in total. The lowest BCUT2D eigenvalue weighted by atomic mass is 10.5. The molecule has 1 heterocycles. The fraction of sp³-hybridized carbons (Fsp3) is 0.400. The van der Waals surface area contributed by atoms with Crippen molar-refractivity contribution in [2.45, 2.75) is 6.92 Å². The highest BCUT2D eigenvalue weighted by atomic mass is 32.1. The van der Waals surface area contributed by atoms with Crippen molar-refractivity contribution in [3.63, 3.8) is 0 Å². The van der Waals surface area contributed by atoms with Crippen LogP contribution in [0.4, 0.5) is 10.6 Å². The molecule has 1 aromatic rings. The molecule has 0 aliphatic rings. The number of hydrogen-bond donors (Lipinski definition) is 1. The van der Waals surface area contributed by atoms with Crippen LogP contribution in [0.15, 0.2) is 0 Å². The van der Waals surface area contributed by atoms with Gasteiger partial charge in [0.2, 0.25) is 0 Å². The molecule has 6 heteroatoms. The van der Waals surface area contributed by atoms with E-state index < -0.39 is 6.09 Å². The van der Waals surface area contributed by atoms with Crippen LogP contribution in [0.2, 0.25) is 0 Å². The van der Waals surface area contributed by atoms with Gasteiger partial charge in [-0.15, -0.1) is 5.10 Å². The van der Waals surface area contributed by atoms with E-state index in [1.165, 1.54) is 18.6 Å². The highest BCUT2D eigenvalue weighted by molar-refractivity contribution is 7.05. The first kappa shape index (κ1) is 7.93. The second-order valence-electron chi connectivity index (χ2n) is 1.79. The number of nitrogens with zero attached hydrogens (tertiary/aromatic N) is 2. The number of rotatable bonds is 1. The maximum Gasteiger partial charge on any atom is 0.412 e. The second kappa shape index (κ2) is 3.29. The fourth-order valence-electron chi connectivity index (χ4n) is 0.497. The number of aromatic nitrogens is 2. The molecule has 0 atom stereocenters. The van der Waals surface area contributed by atoms with Crippen molar-refractivity contribution in [1.29, 1.82) is 0 Å². The Morgan fingerprint density at radius 1 is 1.73 bits per heavy atom. The van der Waals surface area contributed by atoms with E-state index in [1.54, 1.807) is 0 Å². The Labute approximate surface area is 67.5 Å². The fourth-order valence-corrected chi connectivity index (χ4v) is 0.920. The van der Waals surface area contributed by atoms with Gasteiger partial charge in [-0.3, -0.25) is 5.32 Å². The van der Waals surface area contributed by atoms with Gasteiger partial charge in [-0.1, -0.05) is 4.49 Å². The number of anilines is 1. The number of methoxy groups -OCH3 is 1. The summed E-state index contributed by atoms with van der Waals surface area (Å²) in [5, 5.41) is 6.08.